The molecule has 1 N–H and O–H groups in total. The minimum Gasteiger partial charge on any atom is -0.461 e. The first kappa shape index (κ1) is 14.2. The van der Waals surface area contributed by atoms with Crippen molar-refractivity contribution in [1.82, 2.24) is 0 Å². The Hall–Kier alpha value is -1.89. The van der Waals surface area contributed by atoms with Crippen LogP contribution in [0.1, 0.15) is 12.5 Å². The van der Waals surface area contributed by atoms with Crippen LogP contribution in [0.15, 0.2) is 34.3 Å². The summed E-state index contributed by atoms with van der Waals surface area (Å²) in [5, 5.41) is 11.6. The van der Waals surface area contributed by atoms with Crippen molar-refractivity contribution in [2.24, 2.45) is 5.16 Å². The average molecular weight is 271 g/mol. The van der Waals surface area contributed by atoms with Gasteiger partial charge in [-0.2, -0.15) is 0 Å². The minimum atomic E-state index is -3.30. The third-order valence-electron chi connectivity index (χ3n) is 2.12. The number of rotatable bonds is 4. The maximum atomic E-state index is 11.4. The number of carbonyl (C=O) groups is 1. The van der Waals surface area contributed by atoms with Crippen LogP contribution >= 0.6 is 0 Å². The summed E-state index contributed by atoms with van der Waals surface area (Å²) in [7, 11) is -3.30. The molecule has 0 aliphatic carbocycles. The van der Waals surface area contributed by atoms with Gasteiger partial charge in [-0.25, -0.2) is 13.2 Å². The van der Waals surface area contributed by atoms with Gasteiger partial charge in [0.25, 0.3) is 0 Å². The number of benzene rings is 1. The maximum absolute atomic E-state index is 11.4. The van der Waals surface area contributed by atoms with Gasteiger partial charge in [0.05, 0.1) is 11.5 Å². The van der Waals surface area contributed by atoms with Gasteiger partial charge in [0.15, 0.2) is 15.5 Å². The fourth-order valence-electron chi connectivity index (χ4n) is 1.28. The van der Waals surface area contributed by atoms with Gasteiger partial charge in [0.1, 0.15) is 0 Å². The van der Waals surface area contributed by atoms with Crippen LogP contribution < -0.4 is 0 Å². The lowest BCUT2D eigenvalue weighted by atomic mass is 10.1. The Kier molecular flexibility index (Phi) is 4.43. The number of ether oxygens (including phenoxy) is 1. The van der Waals surface area contributed by atoms with E-state index in [-0.39, 0.29) is 22.8 Å². The zero-order valence-corrected chi connectivity index (χ0v) is 10.8. The summed E-state index contributed by atoms with van der Waals surface area (Å²) >= 11 is 0. The normalized spacial score (nSPS) is 12.2. The van der Waals surface area contributed by atoms with Gasteiger partial charge in [0, 0.05) is 11.8 Å². The summed E-state index contributed by atoms with van der Waals surface area (Å²) in [5.74, 6) is -0.771. The molecule has 0 aliphatic heterocycles. The Balaban J connectivity index is 3.08. The largest absolute Gasteiger partial charge is 0.461 e. The molecule has 1 aromatic rings. The third-order valence-corrected chi connectivity index (χ3v) is 3.25. The number of sulfone groups is 1. The van der Waals surface area contributed by atoms with Crippen molar-refractivity contribution in [2.45, 2.75) is 11.8 Å². The molecule has 1 rings (SSSR count). The monoisotopic (exact) mass is 271 g/mol. The van der Waals surface area contributed by atoms with Gasteiger partial charge in [-0.1, -0.05) is 17.3 Å². The molecule has 0 unspecified atom stereocenters. The number of hydrogen-bond acceptors (Lipinski definition) is 6. The average Bonchev–Trinajstić information content (AvgIpc) is 2.30. The molecule has 0 heterocycles. The molecule has 98 valence electrons. The second-order valence-electron chi connectivity index (χ2n) is 3.47. The van der Waals surface area contributed by atoms with Crippen LogP contribution in [-0.4, -0.2) is 38.2 Å². The molecule has 1 aromatic carbocycles. The van der Waals surface area contributed by atoms with Crippen molar-refractivity contribution in [2.75, 3.05) is 12.9 Å². The predicted molar refractivity (Wildman–Crippen MR) is 64.5 cm³/mol. The van der Waals surface area contributed by atoms with E-state index in [2.05, 4.69) is 5.16 Å². The lowest BCUT2D eigenvalue weighted by Gasteiger charge is -2.05. The fourth-order valence-corrected chi connectivity index (χ4v) is 1.91. The highest BCUT2D eigenvalue weighted by Gasteiger charge is 2.17. The third kappa shape index (κ3) is 3.30. The Morgan fingerprint density at radius 1 is 1.33 bits per heavy atom. The highest BCUT2D eigenvalue weighted by atomic mass is 32.2. The number of nitrogens with zero attached hydrogens (tertiary/aromatic N) is 1. The van der Waals surface area contributed by atoms with E-state index in [4.69, 9.17) is 9.94 Å². The lowest BCUT2D eigenvalue weighted by molar-refractivity contribution is -0.135. The summed E-state index contributed by atoms with van der Waals surface area (Å²) < 4.78 is 27.2. The smallest absolute Gasteiger partial charge is 0.361 e. The number of carbonyl (C=O) groups excluding carboxylic acids is 1. The minimum absolute atomic E-state index is 0.118. The molecule has 18 heavy (non-hydrogen) atoms. The van der Waals surface area contributed by atoms with Crippen LogP contribution in [0.5, 0.6) is 0 Å². The van der Waals surface area contributed by atoms with Gasteiger partial charge in [-0.05, 0) is 19.1 Å². The molecule has 0 bridgehead atoms. The topological polar surface area (TPSA) is 93.0 Å². The van der Waals surface area contributed by atoms with Crippen LogP contribution in [-0.2, 0) is 19.4 Å². The molecule has 7 heteroatoms. The van der Waals surface area contributed by atoms with Crippen molar-refractivity contribution in [3.05, 3.63) is 29.8 Å². The highest BCUT2D eigenvalue weighted by molar-refractivity contribution is 7.90. The van der Waals surface area contributed by atoms with Crippen molar-refractivity contribution < 1.29 is 23.2 Å². The molecule has 0 amide bonds. The summed E-state index contributed by atoms with van der Waals surface area (Å²) in [6.45, 7) is 1.78. The first-order valence-corrected chi connectivity index (χ1v) is 6.99. The van der Waals surface area contributed by atoms with Gasteiger partial charge < -0.3 is 9.94 Å². The van der Waals surface area contributed by atoms with E-state index in [1.807, 2.05) is 0 Å². The Labute approximate surface area is 105 Å². The Bertz CT molecular complexity index is 560. The number of esters is 1. The van der Waals surface area contributed by atoms with E-state index in [9.17, 15) is 13.2 Å². The first-order chi connectivity index (χ1) is 8.40. The Morgan fingerprint density at radius 2 is 1.89 bits per heavy atom. The fraction of sp³-hybridized carbons (Fsp3) is 0.273. The van der Waals surface area contributed by atoms with E-state index >= 15 is 0 Å². The molecule has 0 saturated carbocycles. The van der Waals surface area contributed by atoms with E-state index in [0.717, 1.165) is 6.26 Å². The molecular formula is C11H13NO5S. The van der Waals surface area contributed by atoms with Gasteiger partial charge in [-0.15, -0.1) is 0 Å². The van der Waals surface area contributed by atoms with E-state index in [1.165, 1.54) is 24.3 Å². The van der Waals surface area contributed by atoms with Crippen molar-refractivity contribution >= 4 is 21.5 Å². The molecule has 0 aromatic heterocycles. The van der Waals surface area contributed by atoms with Gasteiger partial charge in [-0.3, -0.25) is 0 Å². The van der Waals surface area contributed by atoms with Crippen molar-refractivity contribution in [1.29, 1.82) is 0 Å². The number of oxime groups is 1. The molecular weight excluding hydrogens is 258 g/mol. The van der Waals surface area contributed by atoms with Crippen LogP contribution in [0.3, 0.4) is 0 Å². The number of hydrogen-bond donors (Lipinski definition) is 1. The van der Waals surface area contributed by atoms with Gasteiger partial charge >= 0.3 is 5.97 Å². The quantitative estimate of drug-likeness (QED) is 0.379. The highest BCUT2D eigenvalue weighted by Crippen LogP contribution is 2.11. The molecule has 0 saturated heterocycles. The molecule has 0 atom stereocenters. The summed E-state index contributed by atoms with van der Waals surface area (Å²) in [4.78, 5) is 11.5. The summed E-state index contributed by atoms with van der Waals surface area (Å²) in [6, 6.07) is 5.41. The van der Waals surface area contributed by atoms with Crippen LogP contribution in [0.2, 0.25) is 0 Å². The second kappa shape index (κ2) is 5.63. The van der Waals surface area contributed by atoms with E-state index in [1.54, 1.807) is 6.92 Å². The lowest BCUT2D eigenvalue weighted by Crippen LogP contribution is -2.18. The van der Waals surface area contributed by atoms with Gasteiger partial charge in [0.2, 0.25) is 0 Å². The van der Waals surface area contributed by atoms with Crippen molar-refractivity contribution in [3.8, 4) is 0 Å². The molecule has 0 radical (unpaired) electrons. The molecule has 0 aliphatic rings. The van der Waals surface area contributed by atoms with E-state index < -0.39 is 15.8 Å². The SMILES string of the molecule is CCOC(=O)C(=NO)c1ccc(S(C)(=O)=O)cc1. The molecule has 0 spiro atoms. The zero-order chi connectivity index (χ0) is 13.8. The Morgan fingerprint density at radius 3 is 2.28 bits per heavy atom. The molecule has 6 nitrogen and oxygen atoms in total. The summed E-state index contributed by atoms with van der Waals surface area (Å²) in [5.41, 5.74) is 0.0141. The maximum Gasteiger partial charge on any atom is 0.361 e. The second-order valence-corrected chi connectivity index (χ2v) is 5.48. The van der Waals surface area contributed by atoms with Crippen molar-refractivity contribution in [3.63, 3.8) is 0 Å². The first-order valence-electron chi connectivity index (χ1n) is 5.09. The predicted octanol–water partition coefficient (Wildman–Crippen LogP) is 0.832. The standard InChI is InChI=1S/C11H13NO5S/c1-3-17-11(13)10(12-14)8-4-6-9(7-5-8)18(2,15)16/h4-7,14H,3H2,1-2H3. The van der Waals surface area contributed by atoms with Crippen LogP contribution in [0, 0.1) is 0 Å². The van der Waals surface area contributed by atoms with E-state index in [0.29, 0.717) is 0 Å². The van der Waals surface area contributed by atoms with Crippen LogP contribution in [0.4, 0.5) is 0 Å². The summed E-state index contributed by atoms with van der Waals surface area (Å²) in [6.07, 6.45) is 1.08. The molecule has 0 fully saturated rings. The van der Waals surface area contributed by atoms with Crippen LogP contribution in [0.25, 0.3) is 0 Å². The zero-order valence-electron chi connectivity index (χ0n) is 9.95.